The Morgan fingerprint density at radius 1 is 1.35 bits per heavy atom. The zero-order valence-electron chi connectivity index (χ0n) is 11.3. The van der Waals surface area contributed by atoms with E-state index in [1.807, 2.05) is 6.92 Å². The van der Waals surface area contributed by atoms with Crippen molar-refractivity contribution in [3.63, 3.8) is 0 Å². The van der Waals surface area contributed by atoms with Gasteiger partial charge in [0.2, 0.25) is 11.9 Å². The van der Waals surface area contributed by atoms with Crippen LogP contribution in [0.1, 0.15) is 19.5 Å². The van der Waals surface area contributed by atoms with Crippen molar-refractivity contribution in [1.82, 2.24) is 9.97 Å². The van der Waals surface area contributed by atoms with E-state index in [2.05, 4.69) is 15.3 Å². The number of nitrogens with two attached hydrogens (primary N) is 1. The summed E-state index contributed by atoms with van der Waals surface area (Å²) in [7, 11) is 0. The molecule has 0 radical (unpaired) electrons. The Kier molecular flexibility index (Phi) is 3.84. The van der Waals surface area contributed by atoms with E-state index < -0.39 is 0 Å². The van der Waals surface area contributed by atoms with Crippen LogP contribution in [0.3, 0.4) is 0 Å². The number of aromatic nitrogens is 2. The molecule has 0 bridgehead atoms. The second-order valence-electron chi connectivity index (χ2n) is 4.37. The van der Waals surface area contributed by atoms with Crippen LogP contribution < -0.4 is 11.1 Å². The molecule has 6 heteroatoms. The number of carbonyl (C=O) groups is 1. The smallest absolute Gasteiger partial charge is 0.221 e. The Hall–Kier alpha value is -2.63. The van der Waals surface area contributed by atoms with Crippen molar-refractivity contribution in [1.29, 1.82) is 0 Å². The van der Waals surface area contributed by atoms with Crippen LogP contribution in [0.25, 0.3) is 11.3 Å². The topological polar surface area (TPSA) is 101 Å². The number of aromatic hydroxyl groups is 1. The van der Waals surface area contributed by atoms with Gasteiger partial charge >= 0.3 is 0 Å². The first kappa shape index (κ1) is 13.8. The van der Waals surface area contributed by atoms with Gasteiger partial charge in [-0.05, 0) is 30.7 Å². The van der Waals surface area contributed by atoms with Gasteiger partial charge in [0.25, 0.3) is 0 Å². The molecule has 1 heterocycles. The van der Waals surface area contributed by atoms with Gasteiger partial charge in [-0.3, -0.25) is 4.79 Å². The van der Waals surface area contributed by atoms with E-state index in [0.29, 0.717) is 23.4 Å². The van der Waals surface area contributed by atoms with E-state index in [4.69, 9.17) is 5.73 Å². The van der Waals surface area contributed by atoms with Crippen molar-refractivity contribution in [3.05, 3.63) is 30.0 Å². The molecule has 20 heavy (non-hydrogen) atoms. The maximum atomic E-state index is 11.1. The van der Waals surface area contributed by atoms with Crippen LogP contribution in [0.2, 0.25) is 0 Å². The maximum Gasteiger partial charge on any atom is 0.221 e. The quantitative estimate of drug-likeness (QED) is 0.741. The highest BCUT2D eigenvalue weighted by Gasteiger charge is 2.10. The number of nitrogens with one attached hydrogen (secondary N) is 1. The molecule has 1 aromatic heterocycles. The first-order valence-corrected chi connectivity index (χ1v) is 6.24. The van der Waals surface area contributed by atoms with Gasteiger partial charge in [-0.2, -0.15) is 0 Å². The minimum absolute atomic E-state index is 0.0688. The van der Waals surface area contributed by atoms with Crippen LogP contribution in [0.5, 0.6) is 5.75 Å². The highest BCUT2D eigenvalue weighted by atomic mass is 16.3. The molecule has 4 N–H and O–H groups in total. The number of aryl methyl sites for hydroxylation is 1. The predicted molar refractivity (Wildman–Crippen MR) is 77.2 cm³/mol. The fourth-order valence-corrected chi connectivity index (χ4v) is 1.86. The molecule has 0 unspecified atom stereocenters. The summed E-state index contributed by atoms with van der Waals surface area (Å²) < 4.78 is 0. The van der Waals surface area contributed by atoms with Crippen molar-refractivity contribution < 1.29 is 9.90 Å². The highest BCUT2D eigenvalue weighted by Crippen LogP contribution is 2.31. The number of rotatable bonds is 3. The highest BCUT2D eigenvalue weighted by molar-refractivity contribution is 5.90. The molecule has 0 aliphatic rings. The molecule has 0 saturated carbocycles. The average Bonchev–Trinajstić information content (AvgIpc) is 2.39. The Balaban J connectivity index is 2.50. The van der Waals surface area contributed by atoms with E-state index in [1.165, 1.54) is 13.0 Å². The standard InChI is InChI=1S/C14H16N4O2/c1-3-9-7-12(18-14(15)17-9)11-6-10(16-8(2)19)4-5-13(11)20/h4-7,20H,3H2,1-2H3,(H,16,19)(H2,15,17,18). The molecule has 0 spiro atoms. The summed E-state index contributed by atoms with van der Waals surface area (Å²) in [5, 5.41) is 12.6. The number of anilines is 2. The first-order valence-electron chi connectivity index (χ1n) is 6.24. The van der Waals surface area contributed by atoms with E-state index in [1.54, 1.807) is 18.2 Å². The molecular formula is C14H16N4O2. The van der Waals surface area contributed by atoms with Crippen LogP contribution in [-0.2, 0) is 11.2 Å². The van der Waals surface area contributed by atoms with E-state index >= 15 is 0 Å². The number of nitrogens with zero attached hydrogens (tertiary/aromatic N) is 2. The van der Waals surface area contributed by atoms with Gasteiger partial charge in [0, 0.05) is 23.9 Å². The summed E-state index contributed by atoms with van der Waals surface area (Å²) in [5.74, 6) is 0.0426. The molecule has 1 aromatic carbocycles. The zero-order valence-corrected chi connectivity index (χ0v) is 11.3. The molecular weight excluding hydrogens is 256 g/mol. The van der Waals surface area contributed by atoms with Crippen LogP contribution in [-0.4, -0.2) is 21.0 Å². The molecule has 0 saturated heterocycles. The van der Waals surface area contributed by atoms with Gasteiger partial charge in [0.15, 0.2) is 0 Å². The summed E-state index contributed by atoms with van der Waals surface area (Å²) in [6.45, 7) is 3.38. The Morgan fingerprint density at radius 2 is 2.10 bits per heavy atom. The van der Waals surface area contributed by atoms with Gasteiger partial charge in [-0.1, -0.05) is 6.92 Å². The summed E-state index contributed by atoms with van der Waals surface area (Å²) in [6, 6.07) is 6.54. The normalized spacial score (nSPS) is 10.3. The number of benzene rings is 1. The summed E-state index contributed by atoms with van der Waals surface area (Å²) in [5.41, 5.74) is 8.07. The Morgan fingerprint density at radius 3 is 2.75 bits per heavy atom. The number of nitrogen functional groups attached to an aromatic ring is 1. The lowest BCUT2D eigenvalue weighted by Crippen LogP contribution is -2.06. The minimum Gasteiger partial charge on any atom is -0.507 e. The molecule has 2 rings (SSSR count). The maximum absolute atomic E-state index is 11.1. The fourth-order valence-electron chi connectivity index (χ4n) is 1.86. The lowest BCUT2D eigenvalue weighted by atomic mass is 10.1. The molecule has 0 aliphatic carbocycles. The molecule has 0 aliphatic heterocycles. The van der Waals surface area contributed by atoms with Crippen LogP contribution in [0.15, 0.2) is 24.3 Å². The number of phenols is 1. The average molecular weight is 272 g/mol. The van der Waals surface area contributed by atoms with Gasteiger partial charge in [-0.15, -0.1) is 0 Å². The largest absolute Gasteiger partial charge is 0.507 e. The van der Waals surface area contributed by atoms with Crippen molar-refractivity contribution in [3.8, 4) is 17.0 Å². The van der Waals surface area contributed by atoms with Crippen molar-refractivity contribution in [2.24, 2.45) is 0 Å². The summed E-state index contributed by atoms with van der Waals surface area (Å²) in [6.07, 6.45) is 0.714. The lowest BCUT2D eigenvalue weighted by Gasteiger charge is -2.09. The predicted octanol–water partition coefficient (Wildman–Crippen LogP) is 1.95. The number of carbonyl (C=O) groups excluding carboxylic acids is 1. The van der Waals surface area contributed by atoms with E-state index in [9.17, 15) is 9.90 Å². The minimum atomic E-state index is -0.182. The first-order chi connectivity index (χ1) is 9.49. The zero-order chi connectivity index (χ0) is 14.7. The monoisotopic (exact) mass is 272 g/mol. The number of hydrogen-bond donors (Lipinski definition) is 3. The molecule has 1 amide bonds. The van der Waals surface area contributed by atoms with Crippen molar-refractivity contribution >= 4 is 17.5 Å². The molecule has 0 atom stereocenters. The third-order valence-electron chi connectivity index (χ3n) is 2.75. The summed E-state index contributed by atoms with van der Waals surface area (Å²) in [4.78, 5) is 19.3. The molecule has 6 nitrogen and oxygen atoms in total. The second kappa shape index (κ2) is 5.56. The van der Waals surface area contributed by atoms with Crippen LogP contribution >= 0.6 is 0 Å². The van der Waals surface area contributed by atoms with Gasteiger partial charge in [0.05, 0.1) is 5.69 Å². The van der Waals surface area contributed by atoms with Gasteiger partial charge < -0.3 is 16.2 Å². The Labute approximate surface area is 116 Å². The number of amides is 1. The van der Waals surface area contributed by atoms with Crippen molar-refractivity contribution in [2.45, 2.75) is 20.3 Å². The molecule has 0 fully saturated rings. The van der Waals surface area contributed by atoms with Crippen molar-refractivity contribution in [2.75, 3.05) is 11.1 Å². The Bertz CT molecular complexity index is 656. The van der Waals surface area contributed by atoms with E-state index in [-0.39, 0.29) is 17.6 Å². The lowest BCUT2D eigenvalue weighted by molar-refractivity contribution is -0.114. The number of hydrogen-bond acceptors (Lipinski definition) is 5. The number of phenolic OH excluding ortho intramolecular Hbond substituents is 1. The third-order valence-corrected chi connectivity index (χ3v) is 2.75. The third kappa shape index (κ3) is 3.03. The van der Waals surface area contributed by atoms with Gasteiger partial charge in [-0.25, -0.2) is 9.97 Å². The fraction of sp³-hybridized carbons (Fsp3) is 0.214. The van der Waals surface area contributed by atoms with Crippen LogP contribution in [0, 0.1) is 0 Å². The van der Waals surface area contributed by atoms with Crippen LogP contribution in [0.4, 0.5) is 11.6 Å². The molecule has 2 aromatic rings. The summed E-state index contributed by atoms with van der Waals surface area (Å²) >= 11 is 0. The van der Waals surface area contributed by atoms with E-state index in [0.717, 1.165) is 5.69 Å². The van der Waals surface area contributed by atoms with Gasteiger partial charge in [0.1, 0.15) is 5.75 Å². The molecule has 104 valence electrons. The second-order valence-corrected chi connectivity index (χ2v) is 4.37. The SMILES string of the molecule is CCc1cc(-c2cc(NC(C)=O)ccc2O)nc(N)n1.